The zero-order chi connectivity index (χ0) is 12.4. The van der Waals surface area contributed by atoms with Gasteiger partial charge in [-0.2, -0.15) is 0 Å². The molecular formula is C13H10F2O2. The largest absolute Gasteiger partial charge is 0.504 e. The summed E-state index contributed by atoms with van der Waals surface area (Å²) in [5.74, 6) is -1.06. The van der Waals surface area contributed by atoms with Crippen molar-refractivity contribution in [3.8, 4) is 22.6 Å². The predicted molar refractivity (Wildman–Crippen MR) is 60.0 cm³/mol. The molecule has 0 saturated heterocycles. The molecule has 0 aliphatic rings. The molecule has 0 spiro atoms. The molecular weight excluding hydrogens is 226 g/mol. The third-order valence-electron chi connectivity index (χ3n) is 2.38. The average Bonchev–Trinajstić information content (AvgIpc) is 2.28. The summed E-state index contributed by atoms with van der Waals surface area (Å²) in [6.07, 6.45) is 0. The van der Waals surface area contributed by atoms with Crippen molar-refractivity contribution in [2.24, 2.45) is 0 Å². The summed E-state index contributed by atoms with van der Waals surface area (Å²) >= 11 is 0. The fraction of sp³-hybridized carbons (Fsp3) is 0.0769. The molecule has 0 heterocycles. The van der Waals surface area contributed by atoms with Gasteiger partial charge in [0.25, 0.3) is 0 Å². The minimum absolute atomic E-state index is 0.0203. The minimum Gasteiger partial charge on any atom is -0.504 e. The molecule has 0 fully saturated rings. The Morgan fingerprint density at radius 3 is 2.18 bits per heavy atom. The molecule has 88 valence electrons. The molecule has 0 atom stereocenters. The molecule has 4 heteroatoms. The van der Waals surface area contributed by atoms with Gasteiger partial charge in [-0.25, -0.2) is 8.78 Å². The first-order valence-electron chi connectivity index (χ1n) is 4.93. The average molecular weight is 236 g/mol. The molecule has 0 amide bonds. The summed E-state index contributed by atoms with van der Waals surface area (Å²) in [4.78, 5) is 0. The lowest BCUT2D eigenvalue weighted by molar-refractivity contribution is 0.373. The van der Waals surface area contributed by atoms with Gasteiger partial charge in [0.05, 0.1) is 7.11 Å². The Hall–Kier alpha value is -2.10. The molecule has 0 saturated carbocycles. The molecule has 0 aromatic heterocycles. The number of ether oxygens (including phenoxy) is 1. The second kappa shape index (κ2) is 4.41. The number of phenols is 1. The number of methoxy groups -OCH3 is 1. The fourth-order valence-electron chi connectivity index (χ4n) is 1.58. The number of aromatic hydroxyl groups is 1. The van der Waals surface area contributed by atoms with E-state index in [0.717, 1.165) is 6.07 Å². The van der Waals surface area contributed by atoms with Crippen molar-refractivity contribution in [1.82, 2.24) is 0 Å². The lowest BCUT2D eigenvalue weighted by Gasteiger charge is -2.07. The second-order valence-electron chi connectivity index (χ2n) is 3.54. The predicted octanol–water partition coefficient (Wildman–Crippen LogP) is 3.35. The quantitative estimate of drug-likeness (QED) is 0.866. The van der Waals surface area contributed by atoms with Crippen molar-refractivity contribution < 1.29 is 18.6 Å². The minimum atomic E-state index is -0.646. The summed E-state index contributed by atoms with van der Waals surface area (Å²) in [6, 6.07) is 7.73. The van der Waals surface area contributed by atoms with E-state index in [9.17, 15) is 13.9 Å². The molecule has 0 radical (unpaired) electrons. The van der Waals surface area contributed by atoms with Gasteiger partial charge in [-0.3, -0.25) is 0 Å². The van der Waals surface area contributed by atoms with Gasteiger partial charge in [0.1, 0.15) is 11.6 Å². The van der Waals surface area contributed by atoms with E-state index in [1.807, 2.05) is 0 Å². The van der Waals surface area contributed by atoms with Crippen LogP contribution in [0.15, 0.2) is 36.4 Å². The molecule has 2 aromatic carbocycles. The van der Waals surface area contributed by atoms with Crippen LogP contribution in [0.25, 0.3) is 11.1 Å². The van der Waals surface area contributed by atoms with Crippen LogP contribution in [0.4, 0.5) is 8.78 Å². The molecule has 0 aliphatic carbocycles. The van der Waals surface area contributed by atoms with Gasteiger partial charge in [0, 0.05) is 6.07 Å². The van der Waals surface area contributed by atoms with E-state index in [4.69, 9.17) is 4.74 Å². The lowest BCUT2D eigenvalue weighted by atomic mass is 10.0. The van der Waals surface area contributed by atoms with E-state index in [2.05, 4.69) is 0 Å². The van der Waals surface area contributed by atoms with Crippen LogP contribution in [0.3, 0.4) is 0 Å². The normalized spacial score (nSPS) is 10.3. The first-order chi connectivity index (χ1) is 8.10. The molecule has 0 aliphatic heterocycles. The number of rotatable bonds is 2. The summed E-state index contributed by atoms with van der Waals surface area (Å²) < 4.78 is 31.0. The van der Waals surface area contributed by atoms with Crippen LogP contribution in [-0.4, -0.2) is 12.2 Å². The third-order valence-corrected chi connectivity index (χ3v) is 2.38. The summed E-state index contributed by atoms with van der Waals surface area (Å²) in [6.45, 7) is 0. The first kappa shape index (κ1) is 11.4. The van der Waals surface area contributed by atoms with E-state index in [1.54, 1.807) is 6.07 Å². The monoisotopic (exact) mass is 236 g/mol. The number of hydrogen-bond donors (Lipinski definition) is 1. The first-order valence-corrected chi connectivity index (χ1v) is 4.93. The van der Waals surface area contributed by atoms with Gasteiger partial charge >= 0.3 is 0 Å². The Labute approximate surface area is 97.1 Å². The van der Waals surface area contributed by atoms with E-state index < -0.39 is 11.6 Å². The number of hydrogen-bond acceptors (Lipinski definition) is 2. The highest BCUT2D eigenvalue weighted by molar-refractivity contribution is 5.67. The summed E-state index contributed by atoms with van der Waals surface area (Å²) in [5.41, 5.74) is 0.957. The smallest absolute Gasteiger partial charge is 0.161 e. The van der Waals surface area contributed by atoms with E-state index in [-0.39, 0.29) is 11.5 Å². The highest BCUT2D eigenvalue weighted by Gasteiger charge is 2.07. The Kier molecular flexibility index (Phi) is 2.95. The van der Waals surface area contributed by atoms with Crippen LogP contribution in [0.5, 0.6) is 11.5 Å². The Morgan fingerprint density at radius 2 is 1.59 bits per heavy atom. The van der Waals surface area contributed by atoms with E-state index >= 15 is 0 Å². The second-order valence-corrected chi connectivity index (χ2v) is 3.54. The van der Waals surface area contributed by atoms with Crippen molar-refractivity contribution in [2.45, 2.75) is 0 Å². The number of halogens is 2. The third kappa shape index (κ3) is 2.36. The summed E-state index contributed by atoms with van der Waals surface area (Å²) in [5, 5.41) is 9.42. The molecule has 2 aromatic rings. The van der Waals surface area contributed by atoms with E-state index in [0.29, 0.717) is 11.1 Å². The van der Waals surface area contributed by atoms with Crippen LogP contribution < -0.4 is 4.74 Å². The number of phenolic OH excluding ortho intramolecular Hbond substituents is 1. The van der Waals surface area contributed by atoms with Crippen LogP contribution in [0, 0.1) is 11.6 Å². The van der Waals surface area contributed by atoms with Gasteiger partial charge in [0.15, 0.2) is 11.5 Å². The molecule has 0 bridgehead atoms. The standard InChI is InChI=1S/C13H10F2O2/c1-17-13-6-8(2-3-12(13)16)9-4-10(14)7-11(15)5-9/h2-7,16H,1H3. The molecule has 0 unspecified atom stereocenters. The van der Waals surface area contributed by atoms with E-state index in [1.165, 1.54) is 31.4 Å². The van der Waals surface area contributed by atoms with Gasteiger partial charge < -0.3 is 9.84 Å². The van der Waals surface area contributed by atoms with Crippen molar-refractivity contribution in [3.63, 3.8) is 0 Å². The fourth-order valence-corrected chi connectivity index (χ4v) is 1.58. The molecule has 1 N–H and O–H groups in total. The summed E-state index contributed by atoms with van der Waals surface area (Å²) in [7, 11) is 1.41. The zero-order valence-electron chi connectivity index (χ0n) is 9.08. The van der Waals surface area contributed by atoms with Crippen molar-refractivity contribution >= 4 is 0 Å². The van der Waals surface area contributed by atoms with Crippen molar-refractivity contribution in [3.05, 3.63) is 48.0 Å². The Balaban J connectivity index is 2.52. The topological polar surface area (TPSA) is 29.5 Å². The Bertz CT molecular complexity index is 533. The van der Waals surface area contributed by atoms with Gasteiger partial charge in [-0.1, -0.05) is 6.07 Å². The van der Waals surface area contributed by atoms with Crippen molar-refractivity contribution in [1.29, 1.82) is 0 Å². The molecule has 17 heavy (non-hydrogen) atoms. The lowest BCUT2D eigenvalue weighted by Crippen LogP contribution is -1.87. The Morgan fingerprint density at radius 1 is 0.941 bits per heavy atom. The van der Waals surface area contributed by atoms with Crippen LogP contribution in [0.2, 0.25) is 0 Å². The van der Waals surface area contributed by atoms with Crippen LogP contribution in [0.1, 0.15) is 0 Å². The van der Waals surface area contributed by atoms with Gasteiger partial charge in [-0.05, 0) is 35.4 Å². The highest BCUT2D eigenvalue weighted by Crippen LogP contribution is 2.31. The van der Waals surface area contributed by atoms with Crippen LogP contribution in [-0.2, 0) is 0 Å². The maximum atomic E-state index is 13.1. The van der Waals surface area contributed by atoms with Gasteiger partial charge in [-0.15, -0.1) is 0 Å². The SMILES string of the molecule is COc1cc(-c2cc(F)cc(F)c2)ccc1O. The maximum absolute atomic E-state index is 13.1. The van der Waals surface area contributed by atoms with Crippen molar-refractivity contribution in [2.75, 3.05) is 7.11 Å². The highest BCUT2D eigenvalue weighted by atomic mass is 19.1. The van der Waals surface area contributed by atoms with Gasteiger partial charge in [0.2, 0.25) is 0 Å². The zero-order valence-corrected chi connectivity index (χ0v) is 9.08. The number of benzene rings is 2. The maximum Gasteiger partial charge on any atom is 0.161 e. The molecule has 2 nitrogen and oxygen atoms in total. The molecule has 2 rings (SSSR count). The van der Waals surface area contributed by atoms with Crippen LogP contribution >= 0.6 is 0 Å².